The number of nitriles is 1. The molecule has 0 aliphatic rings. The lowest BCUT2D eigenvalue weighted by Crippen LogP contribution is -2.16. The Morgan fingerprint density at radius 1 is 1.58 bits per heavy atom. The normalized spacial score (nSPS) is 8.92. The monoisotopic (exact) mass is 164 g/mol. The second-order valence-electron chi connectivity index (χ2n) is 2.03. The molecule has 1 N–H and O–H groups in total. The zero-order chi connectivity index (χ0) is 9.14. The largest absolute Gasteiger partial charge is 0.478 e. The Morgan fingerprint density at radius 2 is 2.25 bits per heavy atom. The second kappa shape index (κ2) is 2.88. The number of hydrogen-bond donors (Lipinski definition) is 1. The Kier molecular flexibility index (Phi) is 1.92. The van der Waals surface area contributed by atoms with Gasteiger partial charge < -0.3 is 5.11 Å². The van der Waals surface area contributed by atoms with Crippen LogP contribution >= 0.6 is 0 Å². The Balaban J connectivity index is 3.35. The van der Waals surface area contributed by atoms with Crippen LogP contribution in [0.3, 0.4) is 0 Å². The first-order chi connectivity index (χ1) is 5.65. The van der Waals surface area contributed by atoms with E-state index in [1.54, 1.807) is 0 Å². The second-order valence-corrected chi connectivity index (χ2v) is 2.03. The van der Waals surface area contributed by atoms with Crippen LogP contribution in [0.15, 0.2) is 23.1 Å². The Labute approximate surface area is 67.1 Å². The summed E-state index contributed by atoms with van der Waals surface area (Å²) in [4.78, 5) is 21.1. The van der Waals surface area contributed by atoms with E-state index in [-0.39, 0.29) is 5.56 Å². The number of carboxylic acid groups (broad SMARTS) is 1. The molecule has 0 fully saturated rings. The van der Waals surface area contributed by atoms with Crippen LogP contribution in [0.2, 0.25) is 0 Å². The fraction of sp³-hybridized carbons (Fsp3) is 0. The molecule has 0 aliphatic heterocycles. The number of aromatic nitrogens is 1. The van der Waals surface area contributed by atoms with Gasteiger partial charge in [0, 0.05) is 12.3 Å². The predicted octanol–water partition coefficient (Wildman–Crippen LogP) is -0.124. The van der Waals surface area contributed by atoms with E-state index in [2.05, 4.69) is 0 Å². The van der Waals surface area contributed by atoms with Crippen LogP contribution in [0.1, 0.15) is 10.4 Å². The number of rotatable bonds is 1. The molecule has 60 valence electrons. The van der Waals surface area contributed by atoms with Gasteiger partial charge in [0.05, 0.1) is 5.56 Å². The molecule has 0 bridgehead atoms. The molecule has 1 rings (SSSR count). The van der Waals surface area contributed by atoms with E-state index in [0.717, 1.165) is 18.3 Å². The molecule has 0 radical (unpaired) electrons. The molecule has 1 aromatic heterocycles. The summed E-state index contributed by atoms with van der Waals surface area (Å²) >= 11 is 0. The van der Waals surface area contributed by atoms with Crippen molar-refractivity contribution in [1.29, 1.82) is 5.26 Å². The number of nitrogens with zero attached hydrogens (tertiary/aromatic N) is 2. The highest BCUT2D eigenvalue weighted by atomic mass is 16.4. The van der Waals surface area contributed by atoms with Crippen molar-refractivity contribution >= 4 is 5.97 Å². The first-order valence-electron chi connectivity index (χ1n) is 3.01. The first kappa shape index (κ1) is 8.01. The molecule has 0 unspecified atom stereocenters. The van der Waals surface area contributed by atoms with E-state index in [9.17, 15) is 9.59 Å². The van der Waals surface area contributed by atoms with Crippen LogP contribution in [0.25, 0.3) is 0 Å². The van der Waals surface area contributed by atoms with E-state index in [0.29, 0.717) is 4.57 Å². The average Bonchev–Trinajstić information content (AvgIpc) is 2.05. The molecule has 1 aromatic rings. The quantitative estimate of drug-likeness (QED) is 0.626. The van der Waals surface area contributed by atoms with Crippen LogP contribution in [-0.4, -0.2) is 15.6 Å². The van der Waals surface area contributed by atoms with Gasteiger partial charge in [-0.15, -0.1) is 0 Å². The summed E-state index contributed by atoms with van der Waals surface area (Å²) in [7, 11) is 0. The summed E-state index contributed by atoms with van der Waals surface area (Å²) in [6.07, 6.45) is 2.51. The molecule has 0 atom stereocenters. The van der Waals surface area contributed by atoms with Crippen LogP contribution in [-0.2, 0) is 0 Å². The van der Waals surface area contributed by atoms with Gasteiger partial charge in [-0.25, -0.2) is 9.36 Å². The molecule has 0 spiro atoms. The van der Waals surface area contributed by atoms with Gasteiger partial charge in [-0.1, -0.05) is 0 Å². The van der Waals surface area contributed by atoms with Crippen LogP contribution < -0.4 is 5.56 Å². The minimum atomic E-state index is -1.17. The molecular formula is C7H4N2O3. The number of aromatic carboxylic acids is 1. The lowest BCUT2D eigenvalue weighted by atomic mass is 10.3. The maximum Gasteiger partial charge on any atom is 0.337 e. The Bertz CT molecular complexity index is 413. The minimum Gasteiger partial charge on any atom is -0.478 e. The number of pyridine rings is 1. The van der Waals surface area contributed by atoms with Crippen molar-refractivity contribution in [3.63, 3.8) is 0 Å². The maximum atomic E-state index is 10.8. The maximum absolute atomic E-state index is 10.8. The third kappa shape index (κ3) is 1.32. The minimum absolute atomic E-state index is 0.0869. The first-order valence-corrected chi connectivity index (χ1v) is 3.01. The smallest absolute Gasteiger partial charge is 0.337 e. The van der Waals surface area contributed by atoms with Gasteiger partial charge in [-0.05, 0) is 6.07 Å². The number of carbonyl (C=O) groups is 1. The van der Waals surface area contributed by atoms with E-state index in [1.165, 1.54) is 6.19 Å². The van der Waals surface area contributed by atoms with Crippen molar-refractivity contribution < 1.29 is 9.90 Å². The van der Waals surface area contributed by atoms with Gasteiger partial charge in [-0.3, -0.25) is 4.79 Å². The Hall–Kier alpha value is -2.09. The Morgan fingerprint density at radius 3 is 2.75 bits per heavy atom. The van der Waals surface area contributed by atoms with Crippen molar-refractivity contribution in [2.24, 2.45) is 0 Å². The molecule has 5 nitrogen and oxygen atoms in total. The highest BCUT2D eigenvalue weighted by Gasteiger charge is 2.03. The SMILES string of the molecule is N#Cn1cc(C(=O)O)ccc1=O. The molecule has 12 heavy (non-hydrogen) atoms. The highest BCUT2D eigenvalue weighted by molar-refractivity contribution is 5.87. The number of hydrogen-bond acceptors (Lipinski definition) is 3. The molecule has 0 aliphatic carbocycles. The van der Waals surface area contributed by atoms with Crippen molar-refractivity contribution in [1.82, 2.24) is 4.57 Å². The summed E-state index contributed by atoms with van der Waals surface area (Å²) in [5.74, 6) is -1.17. The lowest BCUT2D eigenvalue weighted by Gasteiger charge is -1.94. The summed E-state index contributed by atoms with van der Waals surface area (Å²) < 4.78 is 0.656. The van der Waals surface area contributed by atoms with Gasteiger partial charge >= 0.3 is 5.97 Å². The van der Waals surface area contributed by atoms with E-state index in [4.69, 9.17) is 10.4 Å². The van der Waals surface area contributed by atoms with Crippen LogP contribution in [0.5, 0.6) is 0 Å². The molecule has 0 saturated carbocycles. The molecule has 0 amide bonds. The summed E-state index contributed by atoms with van der Waals surface area (Å²) in [5.41, 5.74) is -0.626. The van der Waals surface area contributed by atoms with E-state index in [1.807, 2.05) is 0 Å². The van der Waals surface area contributed by atoms with Crippen molar-refractivity contribution in [3.8, 4) is 6.19 Å². The number of carboxylic acids is 1. The van der Waals surface area contributed by atoms with Gasteiger partial charge in [0.2, 0.25) is 0 Å². The van der Waals surface area contributed by atoms with Crippen molar-refractivity contribution in [2.45, 2.75) is 0 Å². The summed E-state index contributed by atoms with van der Waals surface area (Å²) in [5, 5.41) is 16.8. The summed E-state index contributed by atoms with van der Waals surface area (Å²) in [6.45, 7) is 0. The van der Waals surface area contributed by atoms with Crippen LogP contribution in [0.4, 0.5) is 0 Å². The molecule has 1 heterocycles. The van der Waals surface area contributed by atoms with Gasteiger partial charge in [0.1, 0.15) is 0 Å². The lowest BCUT2D eigenvalue weighted by molar-refractivity contribution is 0.0696. The molecule has 5 heteroatoms. The summed E-state index contributed by atoms with van der Waals surface area (Å²) in [6, 6.07) is 2.19. The van der Waals surface area contributed by atoms with Crippen LogP contribution in [0, 0.1) is 11.5 Å². The fourth-order valence-corrected chi connectivity index (χ4v) is 0.692. The van der Waals surface area contributed by atoms with Gasteiger partial charge in [0.25, 0.3) is 5.56 Å². The van der Waals surface area contributed by atoms with Gasteiger partial charge in [0.15, 0.2) is 6.19 Å². The van der Waals surface area contributed by atoms with E-state index >= 15 is 0 Å². The highest BCUT2D eigenvalue weighted by Crippen LogP contribution is 1.93. The zero-order valence-corrected chi connectivity index (χ0v) is 5.89. The van der Waals surface area contributed by atoms with Gasteiger partial charge in [-0.2, -0.15) is 5.26 Å². The predicted molar refractivity (Wildman–Crippen MR) is 38.7 cm³/mol. The topological polar surface area (TPSA) is 83.1 Å². The zero-order valence-electron chi connectivity index (χ0n) is 5.89. The molecular weight excluding hydrogens is 160 g/mol. The van der Waals surface area contributed by atoms with E-state index < -0.39 is 11.5 Å². The third-order valence-corrected chi connectivity index (χ3v) is 1.27. The average molecular weight is 164 g/mol. The fourth-order valence-electron chi connectivity index (χ4n) is 0.692. The van der Waals surface area contributed by atoms with Crippen molar-refractivity contribution in [2.75, 3.05) is 0 Å². The molecule has 0 aromatic carbocycles. The molecule has 0 saturated heterocycles. The van der Waals surface area contributed by atoms with Crippen molar-refractivity contribution in [3.05, 3.63) is 34.2 Å². The standard InChI is InChI=1S/C7H4N2O3/c8-4-9-3-5(7(11)12)1-2-6(9)10/h1-3H,(H,11,12). The third-order valence-electron chi connectivity index (χ3n) is 1.27.